The van der Waals surface area contributed by atoms with Crippen LogP contribution in [0.1, 0.15) is 66.7 Å². The third kappa shape index (κ3) is 7.32. The van der Waals surface area contributed by atoms with Crippen LogP contribution in [0.4, 0.5) is 26.3 Å². The SMILES string of the molecule is C=C[C@H]1CN2CC[C@H]1C[C@H]2[C@H](O)c1ccnc2ccc(OC)cc12.O[C@@H](c1cc(C(F)(F)F)nc2c(C(F)(F)F)cccc12)[C@H]1CCCCN1. The number of rotatable bonds is 6. The summed E-state index contributed by atoms with van der Waals surface area (Å²) in [5.41, 5.74) is -1.87. The van der Waals surface area contributed by atoms with E-state index in [1.165, 1.54) is 12.5 Å². The standard InChI is InChI=1S/C20H24N2O2.C17H16F6N2O/c1-3-13-12-22-9-7-14(13)10-19(22)20(23)16-6-8-21-18-5-4-15(24-2)11-17(16)18;18-16(19,20)11-5-3-4-9-10(15(26)12-6-1-2-7-24-12)8-13(17(21,22)23)25-14(9)11/h3-6,8,11,13-14,19-20,23H,1,7,9-10,12H2,2H3;3-5,8,12,15,24,26H,1-2,6-7H2/t13-,14-,19-,20+;12-,15+/m01/s1. The summed E-state index contributed by atoms with van der Waals surface area (Å²) in [7, 11) is 1.66. The fraction of sp³-hybridized carbons (Fsp3) is 0.459. The highest BCUT2D eigenvalue weighted by atomic mass is 19.4. The van der Waals surface area contributed by atoms with E-state index in [0.717, 1.165) is 60.6 Å². The summed E-state index contributed by atoms with van der Waals surface area (Å²) in [6.07, 6.45) is -3.38. The van der Waals surface area contributed by atoms with Crippen molar-refractivity contribution in [3.63, 3.8) is 0 Å². The Kier molecular flexibility index (Phi) is 10.4. The first-order chi connectivity index (χ1) is 23.8. The number of fused-ring (bicyclic) bond motifs is 5. The number of pyridine rings is 2. The van der Waals surface area contributed by atoms with Crippen molar-refractivity contribution in [2.24, 2.45) is 11.8 Å². The molecule has 13 heteroatoms. The summed E-state index contributed by atoms with van der Waals surface area (Å²) in [5, 5.41) is 25.6. The van der Waals surface area contributed by atoms with Gasteiger partial charge in [0.25, 0.3) is 0 Å². The summed E-state index contributed by atoms with van der Waals surface area (Å²) >= 11 is 0. The van der Waals surface area contributed by atoms with Gasteiger partial charge in [0.15, 0.2) is 0 Å². The number of methoxy groups -OCH3 is 1. The van der Waals surface area contributed by atoms with E-state index in [-0.39, 0.29) is 17.0 Å². The van der Waals surface area contributed by atoms with Crippen LogP contribution in [0.5, 0.6) is 5.75 Å². The van der Waals surface area contributed by atoms with Gasteiger partial charge < -0.3 is 20.3 Å². The Hall–Kier alpha value is -3.78. The smallest absolute Gasteiger partial charge is 0.433 e. The molecule has 7 nitrogen and oxygen atoms in total. The van der Waals surface area contributed by atoms with Gasteiger partial charge in [0, 0.05) is 35.6 Å². The number of alkyl halides is 6. The molecule has 2 aromatic heterocycles. The van der Waals surface area contributed by atoms with E-state index >= 15 is 0 Å². The predicted octanol–water partition coefficient (Wildman–Crippen LogP) is 7.62. The van der Waals surface area contributed by atoms with E-state index in [0.29, 0.717) is 36.9 Å². The minimum Gasteiger partial charge on any atom is -0.497 e. The normalized spacial score (nSPS) is 25.1. The van der Waals surface area contributed by atoms with Crippen molar-refractivity contribution in [2.75, 3.05) is 26.7 Å². The molecule has 4 saturated heterocycles. The zero-order chi connectivity index (χ0) is 35.8. The lowest BCUT2D eigenvalue weighted by Gasteiger charge is -2.50. The number of hydrogen-bond acceptors (Lipinski definition) is 7. The lowest BCUT2D eigenvalue weighted by molar-refractivity contribution is -0.142. The molecular formula is C37H40F6N4O3. The molecule has 0 radical (unpaired) electrons. The van der Waals surface area contributed by atoms with Crippen LogP contribution in [-0.4, -0.2) is 63.9 Å². The van der Waals surface area contributed by atoms with E-state index < -0.39 is 47.4 Å². The van der Waals surface area contributed by atoms with Gasteiger partial charge >= 0.3 is 12.4 Å². The average Bonchev–Trinajstić information content (AvgIpc) is 3.13. The maximum Gasteiger partial charge on any atom is 0.433 e. The van der Waals surface area contributed by atoms with E-state index in [4.69, 9.17) is 4.74 Å². The van der Waals surface area contributed by atoms with Gasteiger partial charge in [0.05, 0.1) is 35.9 Å². The molecule has 4 aromatic rings. The highest BCUT2D eigenvalue weighted by molar-refractivity contribution is 5.86. The molecule has 268 valence electrons. The Morgan fingerprint density at radius 2 is 1.76 bits per heavy atom. The molecule has 0 aliphatic carbocycles. The van der Waals surface area contributed by atoms with Crippen LogP contribution in [0.25, 0.3) is 21.8 Å². The zero-order valence-electron chi connectivity index (χ0n) is 27.5. The second kappa shape index (κ2) is 14.5. The number of aromatic nitrogens is 2. The lowest BCUT2D eigenvalue weighted by atomic mass is 9.73. The van der Waals surface area contributed by atoms with Gasteiger partial charge in [-0.05, 0) is 98.1 Å². The van der Waals surface area contributed by atoms with Crippen molar-refractivity contribution in [3.05, 3.63) is 89.8 Å². The van der Waals surface area contributed by atoms with Gasteiger partial charge in [-0.1, -0.05) is 24.6 Å². The van der Waals surface area contributed by atoms with E-state index in [2.05, 4.69) is 32.8 Å². The van der Waals surface area contributed by atoms with Crippen LogP contribution in [0.3, 0.4) is 0 Å². The number of benzene rings is 2. The first kappa shape index (κ1) is 36.0. The number of halogens is 6. The van der Waals surface area contributed by atoms with E-state index in [9.17, 15) is 36.6 Å². The molecule has 3 N–H and O–H groups in total. The summed E-state index contributed by atoms with van der Waals surface area (Å²) in [5.74, 6) is 2.01. The highest BCUT2D eigenvalue weighted by Crippen LogP contribution is 2.43. The second-order valence-corrected chi connectivity index (χ2v) is 13.3. The fourth-order valence-corrected chi connectivity index (χ4v) is 7.70. The third-order valence-electron chi connectivity index (χ3n) is 10.3. The van der Waals surface area contributed by atoms with Crippen molar-refractivity contribution in [2.45, 2.75) is 68.7 Å². The molecule has 4 fully saturated rings. The monoisotopic (exact) mass is 702 g/mol. The van der Waals surface area contributed by atoms with Crippen LogP contribution in [0.15, 0.2) is 67.4 Å². The van der Waals surface area contributed by atoms with Crippen molar-refractivity contribution >= 4 is 21.8 Å². The zero-order valence-corrected chi connectivity index (χ0v) is 27.5. The Morgan fingerprint density at radius 3 is 2.40 bits per heavy atom. The molecule has 0 spiro atoms. The molecule has 2 aromatic carbocycles. The maximum absolute atomic E-state index is 13.2. The molecule has 8 rings (SSSR count). The fourth-order valence-electron chi connectivity index (χ4n) is 7.70. The second-order valence-electron chi connectivity index (χ2n) is 13.3. The minimum atomic E-state index is -4.93. The van der Waals surface area contributed by atoms with Gasteiger partial charge in [-0.3, -0.25) is 9.88 Å². The van der Waals surface area contributed by atoms with E-state index in [1.807, 2.05) is 24.3 Å². The van der Waals surface area contributed by atoms with Crippen LogP contribution in [0, 0.1) is 11.8 Å². The van der Waals surface area contributed by atoms with Crippen molar-refractivity contribution in [1.82, 2.24) is 20.2 Å². The molecular weight excluding hydrogens is 662 g/mol. The molecule has 4 aliphatic heterocycles. The average molecular weight is 703 g/mol. The third-order valence-corrected chi connectivity index (χ3v) is 10.3. The predicted molar refractivity (Wildman–Crippen MR) is 177 cm³/mol. The Bertz CT molecular complexity index is 1830. The van der Waals surface area contributed by atoms with E-state index in [1.54, 1.807) is 13.3 Å². The van der Waals surface area contributed by atoms with Crippen molar-refractivity contribution < 1.29 is 41.3 Å². The maximum atomic E-state index is 13.2. The van der Waals surface area contributed by atoms with Crippen LogP contribution < -0.4 is 10.1 Å². The van der Waals surface area contributed by atoms with Crippen LogP contribution in [0.2, 0.25) is 0 Å². The largest absolute Gasteiger partial charge is 0.497 e. The first-order valence-corrected chi connectivity index (χ1v) is 16.8. The Labute approximate surface area is 286 Å². The number of ether oxygens (including phenoxy) is 1. The van der Waals surface area contributed by atoms with Gasteiger partial charge in [0.2, 0.25) is 0 Å². The molecule has 7 atom stereocenters. The van der Waals surface area contributed by atoms with Crippen LogP contribution >= 0.6 is 0 Å². The summed E-state index contributed by atoms with van der Waals surface area (Å²) in [6, 6.07) is 11.1. The topological polar surface area (TPSA) is 90.7 Å². The quantitative estimate of drug-likeness (QED) is 0.141. The lowest BCUT2D eigenvalue weighted by Crippen LogP contribution is -2.54. The molecule has 2 bridgehead atoms. The number of nitrogens with zero attached hydrogens (tertiary/aromatic N) is 3. The molecule has 0 amide bonds. The van der Waals surface area contributed by atoms with Crippen LogP contribution in [-0.2, 0) is 12.4 Å². The molecule has 6 heterocycles. The minimum absolute atomic E-state index is 0.132. The number of aliphatic hydroxyl groups is 2. The number of piperidine rings is 4. The first-order valence-electron chi connectivity index (χ1n) is 16.8. The van der Waals surface area contributed by atoms with Gasteiger partial charge in [-0.25, -0.2) is 4.98 Å². The molecule has 0 saturated carbocycles. The van der Waals surface area contributed by atoms with Crippen molar-refractivity contribution in [1.29, 1.82) is 0 Å². The summed E-state index contributed by atoms with van der Waals surface area (Å²) < 4.78 is 84.6. The number of aliphatic hydroxyl groups excluding tert-OH is 2. The number of para-hydroxylation sites is 1. The Morgan fingerprint density at radius 1 is 0.960 bits per heavy atom. The molecule has 1 unspecified atom stereocenters. The van der Waals surface area contributed by atoms with Gasteiger partial charge in [-0.15, -0.1) is 6.58 Å². The molecule has 50 heavy (non-hydrogen) atoms. The highest BCUT2D eigenvalue weighted by Gasteiger charge is 2.42. The van der Waals surface area contributed by atoms with Crippen molar-refractivity contribution in [3.8, 4) is 5.75 Å². The summed E-state index contributed by atoms with van der Waals surface area (Å²) in [6.45, 7) is 6.66. The molecule has 4 aliphatic rings. The van der Waals surface area contributed by atoms with Gasteiger partial charge in [-0.2, -0.15) is 26.3 Å². The summed E-state index contributed by atoms with van der Waals surface area (Å²) in [4.78, 5) is 10.1. The Balaban J connectivity index is 0.000000173. The number of nitrogens with one attached hydrogen (secondary N) is 1. The van der Waals surface area contributed by atoms with Gasteiger partial charge in [0.1, 0.15) is 11.4 Å². The number of hydrogen-bond donors (Lipinski definition) is 3.